The molecule has 0 unspecified atom stereocenters. The summed E-state index contributed by atoms with van der Waals surface area (Å²) in [4.78, 5) is 25.1. The second-order valence-corrected chi connectivity index (χ2v) is 9.09. The van der Waals surface area contributed by atoms with Gasteiger partial charge in [-0.1, -0.05) is 79.8 Å². The summed E-state index contributed by atoms with van der Waals surface area (Å²) in [5, 5.41) is 7.25. The van der Waals surface area contributed by atoms with E-state index in [0.717, 1.165) is 44.9 Å². The van der Waals surface area contributed by atoms with Crippen LogP contribution in [-0.4, -0.2) is 49.2 Å². The fourth-order valence-electron chi connectivity index (χ4n) is 3.28. The topological polar surface area (TPSA) is 96.5 Å². The van der Waals surface area contributed by atoms with E-state index in [1.165, 1.54) is 4.90 Å². The second-order valence-electron chi connectivity index (χ2n) is 9.09. The molecule has 212 valence electrons. The van der Waals surface area contributed by atoms with Crippen LogP contribution in [0.1, 0.15) is 84.0 Å². The molecule has 0 saturated heterocycles. The van der Waals surface area contributed by atoms with Crippen LogP contribution in [0.15, 0.2) is 72.9 Å². The summed E-state index contributed by atoms with van der Waals surface area (Å²) in [6.45, 7) is 3.34. The van der Waals surface area contributed by atoms with Crippen molar-refractivity contribution in [3.63, 3.8) is 0 Å². The van der Waals surface area contributed by atoms with Crippen molar-refractivity contribution in [1.29, 1.82) is 5.41 Å². The highest BCUT2D eigenvalue weighted by Crippen LogP contribution is 2.03. The number of allylic oxidation sites excluding steroid dienone is 12. The van der Waals surface area contributed by atoms with Crippen LogP contribution in [0, 0.1) is 5.41 Å². The van der Waals surface area contributed by atoms with Crippen molar-refractivity contribution in [1.82, 2.24) is 4.90 Å². The first-order valence-electron chi connectivity index (χ1n) is 14.0. The summed E-state index contributed by atoms with van der Waals surface area (Å²) in [5.74, 6) is 0.187. The van der Waals surface area contributed by atoms with Crippen molar-refractivity contribution in [3.05, 3.63) is 72.9 Å². The molecule has 0 atom stereocenters. The molecule has 0 aromatic heterocycles. The molecule has 6 heteroatoms. The Morgan fingerprint density at radius 1 is 0.684 bits per heavy atom. The van der Waals surface area contributed by atoms with Crippen molar-refractivity contribution in [2.75, 3.05) is 26.8 Å². The van der Waals surface area contributed by atoms with Gasteiger partial charge in [-0.2, -0.15) is 0 Å². The first-order chi connectivity index (χ1) is 18.5. The Hall–Kier alpha value is -2.99. The third-order valence-corrected chi connectivity index (χ3v) is 5.50. The molecule has 0 radical (unpaired) electrons. The van der Waals surface area contributed by atoms with Crippen LogP contribution < -0.4 is 5.73 Å². The number of carbonyl (C=O) groups is 2. The van der Waals surface area contributed by atoms with E-state index < -0.39 is 0 Å². The lowest BCUT2D eigenvalue weighted by molar-refractivity contribution is -0.119. The highest BCUT2D eigenvalue weighted by molar-refractivity contribution is 5.85. The number of carbonyl (C=O) groups excluding carboxylic acids is 2. The Labute approximate surface area is 231 Å². The van der Waals surface area contributed by atoms with Crippen LogP contribution in [0.2, 0.25) is 0 Å². The summed E-state index contributed by atoms with van der Waals surface area (Å²) in [6, 6.07) is 0. The number of nitrogens with one attached hydrogen (secondary N) is 1. The molecule has 0 saturated carbocycles. The summed E-state index contributed by atoms with van der Waals surface area (Å²) < 4.78 is 5.51. The number of guanidine groups is 1. The predicted octanol–water partition coefficient (Wildman–Crippen LogP) is 7.00. The SMILES string of the molecule is CC/C=C\C/C=C\C/C=C\C/C=C\C/C=C\C/C=C\CCC(=O)CCCOCCCC(=O)CN(C)C(=N)N. The molecule has 0 bridgehead atoms. The van der Waals surface area contributed by atoms with Crippen LogP contribution >= 0.6 is 0 Å². The van der Waals surface area contributed by atoms with Crippen LogP contribution in [0.25, 0.3) is 0 Å². The smallest absolute Gasteiger partial charge is 0.188 e. The van der Waals surface area contributed by atoms with Crippen molar-refractivity contribution in [3.8, 4) is 0 Å². The number of Topliss-reactive ketones (excluding diaryl/α,β-unsaturated/α-hetero) is 2. The lowest BCUT2D eigenvalue weighted by Gasteiger charge is -2.15. The van der Waals surface area contributed by atoms with Gasteiger partial charge >= 0.3 is 0 Å². The lowest BCUT2D eigenvalue weighted by atomic mass is 10.1. The fraction of sp³-hybridized carbons (Fsp3) is 0.531. The van der Waals surface area contributed by atoms with Gasteiger partial charge in [0, 0.05) is 39.5 Å². The average molecular weight is 526 g/mol. The Morgan fingerprint density at radius 2 is 1.11 bits per heavy atom. The maximum absolute atomic E-state index is 12.0. The zero-order valence-corrected chi connectivity index (χ0v) is 23.8. The number of rotatable bonds is 24. The molecule has 38 heavy (non-hydrogen) atoms. The highest BCUT2D eigenvalue weighted by atomic mass is 16.5. The molecule has 0 aliphatic heterocycles. The zero-order chi connectivity index (χ0) is 28.1. The molecular formula is C32H51N3O3. The zero-order valence-electron chi connectivity index (χ0n) is 23.8. The second kappa shape index (κ2) is 27.1. The molecule has 3 N–H and O–H groups in total. The van der Waals surface area contributed by atoms with Gasteiger partial charge in [0.15, 0.2) is 11.7 Å². The number of likely N-dealkylation sites (N-methyl/N-ethyl adjacent to an activating group) is 1. The van der Waals surface area contributed by atoms with Crippen molar-refractivity contribution in [2.24, 2.45) is 5.73 Å². The van der Waals surface area contributed by atoms with E-state index in [9.17, 15) is 9.59 Å². The van der Waals surface area contributed by atoms with Crippen molar-refractivity contribution >= 4 is 17.5 Å². The molecule has 6 nitrogen and oxygen atoms in total. The van der Waals surface area contributed by atoms with E-state index in [-0.39, 0.29) is 24.1 Å². The summed E-state index contributed by atoms with van der Waals surface area (Å²) in [5.41, 5.74) is 5.31. The molecular weight excluding hydrogens is 474 g/mol. The maximum atomic E-state index is 12.0. The van der Waals surface area contributed by atoms with Gasteiger partial charge in [-0.05, 0) is 57.8 Å². The molecule has 0 aliphatic rings. The number of hydrogen-bond acceptors (Lipinski definition) is 4. The Balaban J connectivity index is 3.58. The van der Waals surface area contributed by atoms with Crippen molar-refractivity contribution in [2.45, 2.75) is 84.0 Å². The largest absolute Gasteiger partial charge is 0.381 e. The monoisotopic (exact) mass is 525 g/mol. The van der Waals surface area contributed by atoms with Gasteiger partial charge < -0.3 is 15.4 Å². The Kier molecular flexibility index (Phi) is 24.9. The highest BCUT2D eigenvalue weighted by Gasteiger charge is 2.07. The van der Waals surface area contributed by atoms with E-state index >= 15 is 0 Å². The molecule has 0 aromatic rings. The molecule has 0 aliphatic carbocycles. The number of nitrogens with zero attached hydrogens (tertiary/aromatic N) is 1. The van der Waals surface area contributed by atoms with Crippen LogP contribution in [0.5, 0.6) is 0 Å². The van der Waals surface area contributed by atoms with E-state index in [2.05, 4.69) is 79.8 Å². The maximum Gasteiger partial charge on any atom is 0.188 e. The summed E-state index contributed by atoms with van der Waals surface area (Å²) in [6.07, 6.45) is 35.7. The summed E-state index contributed by atoms with van der Waals surface area (Å²) in [7, 11) is 1.62. The van der Waals surface area contributed by atoms with Crippen molar-refractivity contribution < 1.29 is 14.3 Å². The van der Waals surface area contributed by atoms with Gasteiger partial charge in [0.1, 0.15) is 5.78 Å². The standard InChI is InChI=1S/C32H51N3O3/c1-3-4-5-6-7-8-9-10-11-12-13-14-15-16-17-18-19-20-21-24-30(36)25-22-27-38-28-23-26-31(37)29-35(2)32(33)34/h4-5,7-8,10-11,13-14,16-17,19-20H,3,6,9,12,15,18,21-29H2,1-2H3,(H3,33,34)/b5-4-,8-7-,11-10-,14-13-,17-16-,20-19-. The number of hydrogen-bond donors (Lipinski definition) is 2. The molecule has 0 fully saturated rings. The molecule has 0 spiro atoms. The van der Waals surface area contributed by atoms with Gasteiger partial charge in [0.2, 0.25) is 0 Å². The number of nitrogens with two attached hydrogens (primary N) is 1. The summed E-state index contributed by atoms with van der Waals surface area (Å²) >= 11 is 0. The molecule has 0 heterocycles. The van der Waals surface area contributed by atoms with Crippen LogP contribution in [0.4, 0.5) is 0 Å². The fourth-order valence-corrected chi connectivity index (χ4v) is 3.28. The lowest BCUT2D eigenvalue weighted by Crippen LogP contribution is -2.36. The molecule has 0 amide bonds. The van der Waals surface area contributed by atoms with Gasteiger partial charge in [0.05, 0.1) is 6.54 Å². The number of ketones is 2. The minimum Gasteiger partial charge on any atom is -0.381 e. The third kappa shape index (κ3) is 26.1. The first-order valence-corrected chi connectivity index (χ1v) is 14.0. The van der Waals surface area contributed by atoms with Crippen LogP contribution in [-0.2, 0) is 14.3 Å². The Bertz CT molecular complexity index is 807. The average Bonchev–Trinajstić information content (AvgIpc) is 2.89. The van der Waals surface area contributed by atoms with E-state index in [0.29, 0.717) is 45.3 Å². The molecule has 0 rings (SSSR count). The van der Waals surface area contributed by atoms with Gasteiger partial charge in [0.25, 0.3) is 0 Å². The van der Waals surface area contributed by atoms with E-state index in [1.54, 1.807) is 7.05 Å². The minimum absolute atomic E-state index is 0.0378. The van der Waals surface area contributed by atoms with Gasteiger partial charge in [-0.25, -0.2) is 0 Å². The normalized spacial score (nSPS) is 12.4. The number of ether oxygens (including phenoxy) is 1. The van der Waals surface area contributed by atoms with Gasteiger partial charge in [-0.15, -0.1) is 0 Å². The first kappa shape index (κ1) is 35.0. The third-order valence-electron chi connectivity index (χ3n) is 5.50. The van der Waals surface area contributed by atoms with Gasteiger partial charge in [-0.3, -0.25) is 15.0 Å². The minimum atomic E-state index is -0.111. The Morgan fingerprint density at radius 3 is 1.55 bits per heavy atom. The predicted molar refractivity (Wildman–Crippen MR) is 161 cm³/mol. The quantitative estimate of drug-likeness (QED) is 0.0612. The van der Waals surface area contributed by atoms with E-state index in [4.69, 9.17) is 15.9 Å². The van der Waals surface area contributed by atoms with E-state index in [1.807, 2.05) is 0 Å². The molecule has 0 aromatic carbocycles. The van der Waals surface area contributed by atoms with Crippen LogP contribution in [0.3, 0.4) is 0 Å².